The number of hydrogen-bond donors (Lipinski definition) is 0. The molecule has 0 aliphatic rings. The van der Waals surface area contributed by atoms with E-state index in [9.17, 15) is 4.79 Å². The van der Waals surface area contributed by atoms with Crippen molar-refractivity contribution in [1.29, 1.82) is 0 Å². The van der Waals surface area contributed by atoms with Gasteiger partial charge in [0.15, 0.2) is 11.7 Å². The van der Waals surface area contributed by atoms with Crippen LogP contribution in [0.4, 0.5) is 0 Å². The van der Waals surface area contributed by atoms with Crippen LogP contribution in [0.3, 0.4) is 0 Å². The van der Waals surface area contributed by atoms with Crippen LogP contribution in [-0.4, -0.2) is 29.0 Å². The Morgan fingerprint density at radius 1 is 1.40 bits per heavy atom. The molecule has 0 aliphatic carbocycles. The summed E-state index contributed by atoms with van der Waals surface area (Å²) < 4.78 is 10.3. The van der Waals surface area contributed by atoms with E-state index in [1.165, 1.54) is 0 Å². The maximum atomic E-state index is 12.2. The zero-order chi connectivity index (χ0) is 14.4. The number of benzene rings is 1. The van der Waals surface area contributed by atoms with Crippen LogP contribution in [0.15, 0.2) is 34.9 Å². The molecule has 0 saturated heterocycles. The quantitative estimate of drug-likeness (QED) is 0.763. The molecular formula is C14H16N2O3S. The summed E-state index contributed by atoms with van der Waals surface area (Å²) in [7, 11) is 0. The molecule has 5 nitrogen and oxygen atoms in total. The van der Waals surface area contributed by atoms with Crippen LogP contribution in [0.25, 0.3) is 0 Å². The lowest BCUT2D eigenvalue weighted by Crippen LogP contribution is -2.17. The first-order chi connectivity index (χ1) is 9.76. The van der Waals surface area contributed by atoms with E-state index in [1.54, 1.807) is 18.7 Å². The number of carbonyl (C=O) groups is 1. The minimum absolute atomic E-state index is 0.277. The zero-order valence-electron chi connectivity index (χ0n) is 11.4. The molecule has 1 unspecified atom stereocenters. The third-order valence-corrected chi connectivity index (χ3v) is 3.21. The molecule has 1 aromatic heterocycles. The Morgan fingerprint density at radius 3 is 2.80 bits per heavy atom. The van der Waals surface area contributed by atoms with Gasteiger partial charge in [0.25, 0.3) is 0 Å². The van der Waals surface area contributed by atoms with Gasteiger partial charge in [-0.2, -0.15) is 16.7 Å². The Kier molecular flexibility index (Phi) is 5.17. The molecule has 0 spiro atoms. The molecule has 0 aliphatic heterocycles. The highest BCUT2D eigenvalue weighted by Gasteiger charge is 2.29. The minimum Gasteiger partial charge on any atom is -0.465 e. The lowest BCUT2D eigenvalue weighted by molar-refractivity contribution is -0.144. The number of carbonyl (C=O) groups excluding carboxylic acids is 1. The molecule has 0 amide bonds. The molecule has 1 heterocycles. The fourth-order valence-corrected chi connectivity index (χ4v) is 2.20. The predicted octanol–water partition coefficient (Wildman–Crippen LogP) is 2.63. The van der Waals surface area contributed by atoms with Gasteiger partial charge in [0.1, 0.15) is 0 Å². The summed E-state index contributed by atoms with van der Waals surface area (Å²) in [6, 6.07) is 9.31. The minimum atomic E-state index is -0.667. The van der Waals surface area contributed by atoms with E-state index in [0.29, 0.717) is 18.2 Å². The van der Waals surface area contributed by atoms with Gasteiger partial charge >= 0.3 is 5.97 Å². The maximum Gasteiger partial charge on any atom is 0.323 e. The predicted molar refractivity (Wildman–Crippen MR) is 76.4 cm³/mol. The van der Waals surface area contributed by atoms with Crippen molar-refractivity contribution in [1.82, 2.24) is 10.1 Å². The summed E-state index contributed by atoms with van der Waals surface area (Å²) in [6.45, 7) is 2.08. The first-order valence-corrected chi connectivity index (χ1v) is 7.68. The highest BCUT2D eigenvalue weighted by molar-refractivity contribution is 7.97. The summed E-state index contributed by atoms with van der Waals surface area (Å²) in [5.74, 6) is 0.460. The van der Waals surface area contributed by atoms with Crippen molar-refractivity contribution in [2.75, 3.05) is 12.9 Å². The Morgan fingerprint density at radius 2 is 2.15 bits per heavy atom. The number of esters is 1. The van der Waals surface area contributed by atoms with E-state index >= 15 is 0 Å². The van der Waals surface area contributed by atoms with Gasteiger partial charge < -0.3 is 9.26 Å². The first kappa shape index (κ1) is 14.6. The third-order valence-electron chi connectivity index (χ3n) is 2.66. The normalized spacial score (nSPS) is 12.1. The average molecular weight is 292 g/mol. The molecule has 2 rings (SSSR count). The van der Waals surface area contributed by atoms with Crippen molar-refractivity contribution in [2.45, 2.75) is 18.6 Å². The maximum absolute atomic E-state index is 12.2. The van der Waals surface area contributed by atoms with Crippen LogP contribution in [0.1, 0.15) is 30.1 Å². The van der Waals surface area contributed by atoms with E-state index < -0.39 is 5.92 Å². The van der Waals surface area contributed by atoms with E-state index in [0.717, 1.165) is 5.56 Å². The summed E-state index contributed by atoms with van der Waals surface area (Å²) in [5, 5.41) is 3.88. The molecule has 106 valence electrons. The van der Waals surface area contributed by atoms with Crippen molar-refractivity contribution in [2.24, 2.45) is 0 Å². The molecule has 0 saturated carbocycles. The fraction of sp³-hybridized carbons (Fsp3) is 0.357. The third kappa shape index (κ3) is 3.39. The van der Waals surface area contributed by atoms with Gasteiger partial charge in [-0.15, -0.1) is 0 Å². The van der Waals surface area contributed by atoms with Gasteiger partial charge in [-0.05, 0) is 18.7 Å². The highest BCUT2D eigenvalue weighted by atomic mass is 32.2. The molecule has 0 fully saturated rings. The average Bonchev–Trinajstić information content (AvgIpc) is 2.89. The summed E-state index contributed by atoms with van der Waals surface area (Å²) in [6.07, 6.45) is 1.95. The number of aromatic nitrogens is 2. The van der Waals surface area contributed by atoms with Gasteiger partial charge in [0.05, 0.1) is 12.4 Å². The highest BCUT2D eigenvalue weighted by Crippen LogP contribution is 2.25. The smallest absolute Gasteiger partial charge is 0.323 e. The second-order valence-corrected chi connectivity index (χ2v) is 4.94. The van der Waals surface area contributed by atoms with Gasteiger partial charge in [-0.3, -0.25) is 4.79 Å². The van der Waals surface area contributed by atoms with Crippen molar-refractivity contribution in [3.05, 3.63) is 47.6 Å². The van der Waals surface area contributed by atoms with Crippen LogP contribution in [0.2, 0.25) is 0 Å². The summed E-state index contributed by atoms with van der Waals surface area (Å²) in [5.41, 5.74) is 0.783. The second-order valence-electron chi connectivity index (χ2n) is 4.08. The Balaban J connectivity index is 2.32. The monoisotopic (exact) mass is 292 g/mol. The van der Waals surface area contributed by atoms with E-state index in [2.05, 4.69) is 10.1 Å². The molecule has 0 N–H and O–H groups in total. The van der Waals surface area contributed by atoms with Crippen molar-refractivity contribution in [3.8, 4) is 0 Å². The largest absolute Gasteiger partial charge is 0.465 e. The summed E-state index contributed by atoms with van der Waals surface area (Å²) in [4.78, 5) is 16.4. The SMILES string of the molecule is CCOC(=O)C(c1ccccc1)c1nc(CSC)no1. The molecule has 0 radical (unpaired) electrons. The Labute approximate surface area is 121 Å². The lowest BCUT2D eigenvalue weighted by Gasteiger charge is -2.11. The molecule has 1 aromatic carbocycles. The summed E-state index contributed by atoms with van der Waals surface area (Å²) >= 11 is 1.59. The first-order valence-electron chi connectivity index (χ1n) is 6.29. The van der Waals surface area contributed by atoms with E-state index in [1.807, 2.05) is 36.6 Å². The number of thioether (sulfide) groups is 1. The number of rotatable bonds is 6. The van der Waals surface area contributed by atoms with E-state index in [-0.39, 0.29) is 11.9 Å². The number of nitrogens with zero attached hydrogens (tertiary/aromatic N) is 2. The van der Waals surface area contributed by atoms with Crippen LogP contribution < -0.4 is 0 Å². The molecule has 0 bridgehead atoms. The molecule has 2 aromatic rings. The zero-order valence-corrected chi connectivity index (χ0v) is 12.2. The molecule has 6 heteroatoms. The van der Waals surface area contributed by atoms with Crippen LogP contribution in [0, 0.1) is 0 Å². The topological polar surface area (TPSA) is 65.2 Å². The number of hydrogen-bond acceptors (Lipinski definition) is 6. The lowest BCUT2D eigenvalue weighted by atomic mass is 9.99. The Hall–Kier alpha value is -1.82. The van der Waals surface area contributed by atoms with Gasteiger partial charge in [-0.1, -0.05) is 35.5 Å². The van der Waals surface area contributed by atoms with Crippen molar-refractivity contribution in [3.63, 3.8) is 0 Å². The molecule has 20 heavy (non-hydrogen) atoms. The van der Waals surface area contributed by atoms with E-state index in [4.69, 9.17) is 9.26 Å². The van der Waals surface area contributed by atoms with Crippen molar-refractivity contribution < 1.29 is 14.1 Å². The van der Waals surface area contributed by atoms with Crippen molar-refractivity contribution >= 4 is 17.7 Å². The van der Waals surface area contributed by atoms with Gasteiger partial charge in [-0.25, -0.2) is 0 Å². The molecule has 1 atom stereocenters. The fourth-order valence-electron chi connectivity index (χ4n) is 1.82. The second kappa shape index (κ2) is 7.09. The van der Waals surface area contributed by atoms with Crippen LogP contribution in [-0.2, 0) is 15.3 Å². The van der Waals surface area contributed by atoms with Crippen LogP contribution >= 0.6 is 11.8 Å². The van der Waals surface area contributed by atoms with Gasteiger partial charge in [0.2, 0.25) is 5.89 Å². The standard InChI is InChI=1S/C14H16N2O3S/c1-3-18-14(17)12(10-7-5-4-6-8-10)13-15-11(9-20-2)16-19-13/h4-8,12H,3,9H2,1-2H3. The Bertz CT molecular complexity index is 557. The van der Waals surface area contributed by atoms with Crippen LogP contribution in [0.5, 0.6) is 0 Å². The number of ether oxygens (including phenoxy) is 1. The molecular weight excluding hydrogens is 276 g/mol. The van der Waals surface area contributed by atoms with Gasteiger partial charge in [0, 0.05) is 0 Å².